The second-order valence-corrected chi connectivity index (χ2v) is 4.91. The van der Waals surface area contributed by atoms with Crippen LogP contribution in [-0.4, -0.2) is 7.05 Å². The van der Waals surface area contributed by atoms with Crippen molar-refractivity contribution in [3.63, 3.8) is 0 Å². The van der Waals surface area contributed by atoms with Gasteiger partial charge >= 0.3 is 0 Å². The van der Waals surface area contributed by atoms with E-state index in [1.807, 2.05) is 38.2 Å². The average Bonchev–Trinajstić information content (AvgIpc) is 2.88. The molecule has 20 heavy (non-hydrogen) atoms. The third-order valence-corrected chi connectivity index (χ3v) is 3.66. The van der Waals surface area contributed by atoms with E-state index < -0.39 is 0 Å². The van der Waals surface area contributed by atoms with Crippen molar-refractivity contribution in [2.45, 2.75) is 13.0 Å². The van der Waals surface area contributed by atoms with Crippen LogP contribution in [0, 0.1) is 12.7 Å². The first-order valence-electron chi connectivity index (χ1n) is 6.60. The topological polar surface area (TPSA) is 25.2 Å². The van der Waals surface area contributed by atoms with Gasteiger partial charge in [0.2, 0.25) is 0 Å². The van der Waals surface area contributed by atoms with E-state index in [1.165, 1.54) is 6.07 Å². The Balaban J connectivity index is 2.16. The van der Waals surface area contributed by atoms with Gasteiger partial charge in [0.05, 0.1) is 12.3 Å². The normalized spacial score (nSPS) is 12.8. The lowest BCUT2D eigenvalue weighted by atomic mass is 9.94. The van der Waals surface area contributed by atoms with E-state index >= 15 is 0 Å². The van der Waals surface area contributed by atoms with Crippen LogP contribution in [0.2, 0.25) is 0 Å². The molecule has 1 atom stereocenters. The first-order chi connectivity index (χ1) is 9.70. The van der Waals surface area contributed by atoms with Crippen molar-refractivity contribution in [2.75, 3.05) is 7.05 Å². The van der Waals surface area contributed by atoms with Gasteiger partial charge < -0.3 is 9.73 Å². The number of benzene rings is 2. The number of fused-ring (bicyclic) bond motifs is 1. The fraction of sp³-hybridized carbons (Fsp3) is 0.176. The molecule has 1 aromatic heterocycles. The van der Waals surface area contributed by atoms with Crippen LogP contribution in [0.15, 0.2) is 53.1 Å². The molecule has 2 aromatic carbocycles. The summed E-state index contributed by atoms with van der Waals surface area (Å²) in [5.74, 6) is -0.223. The molecule has 1 heterocycles. The molecule has 102 valence electrons. The number of hydrogen-bond acceptors (Lipinski definition) is 2. The van der Waals surface area contributed by atoms with Gasteiger partial charge in [-0.2, -0.15) is 0 Å². The smallest absolute Gasteiger partial charge is 0.134 e. The van der Waals surface area contributed by atoms with E-state index in [1.54, 1.807) is 18.4 Å². The van der Waals surface area contributed by atoms with Crippen LogP contribution in [0.4, 0.5) is 4.39 Å². The lowest BCUT2D eigenvalue weighted by Crippen LogP contribution is -2.18. The Morgan fingerprint density at radius 2 is 1.90 bits per heavy atom. The van der Waals surface area contributed by atoms with Gasteiger partial charge in [0.25, 0.3) is 0 Å². The molecule has 0 aliphatic heterocycles. The predicted octanol–water partition coefficient (Wildman–Crippen LogP) is 4.19. The molecule has 0 aliphatic rings. The zero-order valence-electron chi connectivity index (χ0n) is 11.5. The largest absolute Gasteiger partial charge is 0.464 e. The Labute approximate surface area is 117 Å². The molecule has 3 rings (SSSR count). The minimum absolute atomic E-state index is 0.0886. The molecular formula is C17H16FNO. The van der Waals surface area contributed by atoms with Crippen LogP contribution in [0.5, 0.6) is 0 Å². The molecule has 3 aromatic rings. The van der Waals surface area contributed by atoms with E-state index in [0.29, 0.717) is 0 Å². The quantitative estimate of drug-likeness (QED) is 0.771. The Kier molecular flexibility index (Phi) is 3.28. The highest BCUT2D eigenvalue weighted by atomic mass is 19.1. The second kappa shape index (κ2) is 5.10. The standard InChI is InChI=1S/C17H16FNO/c1-11-7-8-12(18)9-14(11)17(19-2)15-10-20-16-6-4-3-5-13(15)16/h3-10,17,19H,1-2H3. The van der Waals surface area contributed by atoms with Crippen LogP contribution >= 0.6 is 0 Å². The minimum Gasteiger partial charge on any atom is -0.464 e. The summed E-state index contributed by atoms with van der Waals surface area (Å²) in [6, 6.07) is 12.7. The van der Waals surface area contributed by atoms with Crippen molar-refractivity contribution in [1.29, 1.82) is 0 Å². The molecule has 0 spiro atoms. The summed E-state index contributed by atoms with van der Waals surface area (Å²) >= 11 is 0. The molecular weight excluding hydrogens is 253 g/mol. The van der Waals surface area contributed by atoms with Crippen molar-refractivity contribution in [2.24, 2.45) is 0 Å². The summed E-state index contributed by atoms with van der Waals surface area (Å²) in [4.78, 5) is 0. The Morgan fingerprint density at radius 1 is 1.10 bits per heavy atom. The maximum Gasteiger partial charge on any atom is 0.134 e. The zero-order chi connectivity index (χ0) is 14.1. The van der Waals surface area contributed by atoms with Crippen LogP contribution in [0.1, 0.15) is 22.7 Å². The highest BCUT2D eigenvalue weighted by Crippen LogP contribution is 2.32. The van der Waals surface area contributed by atoms with Crippen molar-refractivity contribution in [1.82, 2.24) is 5.32 Å². The first-order valence-corrected chi connectivity index (χ1v) is 6.60. The molecule has 3 heteroatoms. The lowest BCUT2D eigenvalue weighted by molar-refractivity contribution is 0.591. The van der Waals surface area contributed by atoms with E-state index in [4.69, 9.17) is 4.42 Å². The molecule has 0 aliphatic carbocycles. The monoisotopic (exact) mass is 269 g/mol. The maximum atomic E-state index is 13.5. The summed E-state index contributed by atoms with van der Waals surface area (Å²) < 4.78 is 19.1. The minimum atomic E-state index is -0.223. The summed E-state index contributed by atoms with van der Waals surface area (Å²) in [6.07, 6.45) is 1.75. The van der Waals surface area contributed by atoms with Gasteiger partial charge in [0.1, 0.15) is 11.4 Å². The fourth-order valence-electron chi connectivity index (χ4n) is 2.62. The zero-order valence-corrected chi connectivity index (χ0v) is 11.5. The van der Waals surface area contributed by atoms with E-state index in [2.05, 4.69) is 5.32 Å². The van der Waals surface area contributed by atoms with Crippen LogP contribution in [-0.2, 0) is 0 Å². The van der Waals surface area contributed by atoms with Gasteiger partial charge in [-0.1, -0.05) is 24.3 Å². The third kappa shape index (κ3) is 2.10. The Morgan fingerprint density at radius 3 is 2.70 bits per heavy atom. The van der Waals surface area contributed by atoms with Gasteiger partial charge in [-0.25, -0.2) is 4.39 Å². The van der Waals surface area contributed by atoms with Crippen molar-refractivity contribution < 1.29 is 8.81 Å². The highest BCUT2D eigenvalue weighted by molar-refractivity contribution is 5.82. The van der Waals surface area contributed by atoms with E-state index in [0.717, 1.165) is 27.7 Å². The Bertz CT molecular complexity index is 748. The summed E-state index contributed by atoms with van der Waals surface area (Å²) in [6.45, 7) is 1.99. The SMILES string of the molecule is CNC(c1cc(F)ccc1C)c1coc2ccccc12. The maximum absolute atomic E-state index is 13.5. The fourth-order valence-corrected chi connectivity index (χ4v) is 2.62. The number of hydrogen-bond donors (Lipinski definition) is 1. The average molecular weight is 269 g/mol. The third-order valence-electron chi connectivity index (χ3n) is 3.66. The highest BCUT2D eigenvalue weighted by Gasteiger charge is 2.19. The molecule has 1 N–H and O–H groups in total. The van der Waals surface area contributed by atoms with Crippen molar-refractivity contribution >= 4 is 11.0 Å². The summed E-state index contributed by atoms with van der Waals surface area (Å²) in [5, 5.41) is 4.31. The van der Waals surface area contributed by atoms with Gasteiger partial charge in [0.15, 0.2) is 0 Å². The summed E-state index contributed by atoms with van der Waals surface area (Å²) in [5.41, 5.74) is 3.85. The first kappa shape index (κ1) is 12.9. The number of para-hydroxylation sites is 1. The number of aryl methyl sites for hydroxylation is 1. The lowest BCUT2D eigenvalue weighted by Gasteiger charge is -2.18. The molecule has 0 saturated carbocycles. The molecule has 0 saturated heterocycles. The van der Waals surface area contributed by atoms with Crippen LogP contribution in [0.25, 0.3) is 11.0 Å². The second-order valence-electron chi connectivity index (χ2n) is 4.91. The number of halogens is 1. The van der Waals surface area contributed by atoms with Gasteiger partial charge in [-0.3, -0.25) is 0 Å². The Hall–Kier alpha value is -2.13. The predicted molar refractivity (Wildman–Crippen MR) is 78.3 cm³/mol. The van der Waals surface area contributed by atoms with Crippen LogP contribution in [0.3, 0.4) is 0 Å². The van der Waals surface area contributed by atoms with Gasteiger partial charge in [-0.15, -0.1) is 0 Å². The van der Waals surface area contributed by atoms with Gasteiger partial charge in [0, 0.05) is 10.9 Å². The molecule has 0 fully saturated rings. The molecule has 0 amide bonds. The number of furan rings is 1. The summed E-state index contributed by atoms with van der Waals surface area (Å²) in [7, 11) is 1.87. The number of rotatable bonds is 3. The van der Waals surface area contributed by atoms with E-state index in [-0.39, 0.29) is 11.9 Å². The molecule has 0 radical (unpaired) electrons. The van der Waals surface area contributed by atoms with Crippen molar-refractivity contribution in [3.05, 3.63) is 71.2 Å². The van der Waals surface area contributed by atoms with Crippen molar-refractivity contribution in [3.8, 4) is 0 Å². The van der Waals surface area contributed by atoms with Crippen LogP contribution < -0.4 is 5.32 Å². The molecule has 2 nitrogen and oxygen atoms in total. The molecule has 0 bridgehead atoms. The van der Waals surface area contributed by atoms with Gasteiger partial charge in [-0.05, 0) is 43.3 Å². The molecule has 1 unspecified atom stereocenters. The van der Waals surface area contributed by atoms with E-state index in [9.17, 15) is 4.39 Å². The number of nitrogens with one attached hydrogen (secondary N) is 1.